The normalized spacial score (nSPS) is 13.0. The molecule has 0 saturated heterocycles. The molecule has 1 aromatic rings. The van der Waals surface area contributed by atoms with Gasteiger partial charge in [-0.25, -0.2) is 0 Å². The lowest BCUT2D eigenvalue weighted by Gasteiger charge is -2.24. The predicted octanol–water partition coefficient (Wildman–Crippen LogP) is 3.67. The highest BCUT2D eigenvalue weighted by atomic mass is 32.1. The number of allylic oxidation sites excluding steroid dienone is 1. The first-order valence-electron chi connectivity index (χ1n) is 7.49. The van der Waals surface area contributed by atoms with Crippen LogP contribution in [0.3, 0.4) is 0 Å². The lowest BCUT2D eigenvalue weighted by molar-refractivity contribution is -0.527. The van der Waals surface area contributed by atoms with E-state index < -0.39 is 6.04 Å². The standard InChI is InChI=1S/C17H24N2O3S/c1-5-6-7-16(19(20)21)15(12-17(23)18(2)3)13-8-10-14(22-4)11-9-13/h5,8-11,15-16H,1,6-7,12H2,2-4H3/t15-,16-/m1/s1. The second-order valence-electron chi connectivity index (χ2n) is 5.59. The summed E-state index contributed by atoms with van der Waals surface area (Å²) in [5.41, 5.74) is 0.903. The highest BCUT2D eigenvalue weighted by Crippen LogP contribution is 2.30. The van der Waals surface area contributed by atoms with Crippen LogP contribution >= 0.6 is 12.2 Å². The van der Waals surface area contributed by atoms with Gasteiger partial charge in [0.15, 0.2) is 0 Å². The Bertz CT molecular complexity index is 543. The van der Waals surface area contributed by atoms with Gasteiger partial charge in [-0.15, -0.1) is 6.58 Å². The van der Waals surface area contributed by atoms with Gasteiger partial charge in [0.25, 0.3) is 0 Å². The Morgan fingerprint density at radius 1 is 1.43 bits per heavy atom. The van der Waals surface area contributed by atoms with E-state index in [1.807, 2.05) is 43.3 Å². The highest BCUT2D eigenvalue weighted by Gasteiger charge is 2.33. The SMILES string of the molecule is C=CCC[C@H]([C@H](CC(=S)N(C)C)c1ccc(OC)cc1)[N+](=O)[O-]. The van der Waals surface area contributed by atoms with Crippen LogP contribution < -0.4 is 4.74 Å². The number of benzene rings is 1. The zero-order valence-corrected chi connectivity index (χ0v) is 14.7. The average Bonchev–Trinajstić information content (AvgIpc) is 2.53. The van der Waals surface area contributed by atoms with E-state index in [0.717, 1.165) is 11.3 Å². The molecule has 0 aliphatic heterocycles. The lowest BCUT2D eigenvalue weighted by Crippen LogP contribution is -2.32. The van der Waals surface area contributed by atoms with E-state index in [1.165, 1.54) is 0 Å². The maximum atomic E-state index is 11.6. The Balaban J connectivity index is 3.13. The third kappa shape index (κ3) is 5.63. The van der Waals surface area contributed by atoms with Crippen molar-refractivity contribution >= 4 is 17.2 Å². The minimum absolute atomic E-state index is 0.198. The minimum atomic E-state index is -0.695. The molecular weight excluding hydrogens is 312 g/mol. The number of ether oxygens (including phenoxy) is 1. The summed E-state index contributed by atoms with van der Waals surface area (Å²) in [7, 11) is 5.31. The van der Waals surface area contributed by atoms with E-state index in [9.17, 15) is 10.1 Å². The lowest BCUT2D eigenvalue weighted by atomic mass is 9.86. The van der Waals surface area contributed by atoms with Gasteiger partial charge in [0.2, 0.25) is 6.04 Å². The van der Waals surface area contributed by atoms with Crippen LogP contribution in [0.5, 0.6) is 5.75 Å². The number of rotatable bonds is 9. The molecule has 0 saturated carbocycles. The molecule has 0 unspecified atom stereocenters. The smallest absolute Gasteiger partial charge is 0.220 e. The second kappa shape index (κ2) is 9.25. The predicted molar refractivity (Wildman–Crippen MR) is 96.9 cm³/mol. The van der Waals surface area contributed by atoms with Crippen LogP contribution in [0.1, 0.15) is 30.7 Å². The summed E-state index contributed by atoms with van der Waals surface area (Å²) < 4.78 is 5.16. The van der Waals surface area contributed by atoms with Crippen LogP contribution in [0, 0.1) is 10.1 Å². The number of thiocarbonyl (C=S) groups is 1. The van der Waals surface area contributed by atoms with Crippen molar-refractivity contribution in [1.82, 2.24) is 4.90 Å². The molecule has 0 N–H and O–H groups in total. The summed E-state index contributed by atoms with van der Waals surface area (Å²) in [4.78, 5) is 13.9. The maximum absolute atomic E-state index is 11.6. The summed E-state index contributed by atoms with van der Waals surface area (Å²) in [5, 5.41) is 11.6. The Morgan fingerprint density at radius 3 is 2.48 bits per heavy atom. The zero-order chi connectivity index (χ0) is 17.4. The Hall–Kier alpha value is -1.95. The summed E-state index contributed by atoms with van der Waals surface area (Å²) in [6, 6.07) is 6.72. The van der Waals surface area contributed by atoms with Crippen molar-refractivity contribution in [2.24, 2.45) is 0 Å². The Labute approximate surface area is 143 Å². The minimum Gasteiger partial charge on any atom is -0.497 e. The maximum Gasteiger partial charge on any atom is 0.220 e. The average molecular weight is 336 g/mol. The zero-order valence-electron chi connectivity index (χ0n) is 13.9. The molecule has 0 aromatic heterocycles. The van der Waals surface area contributed by atoms with Crippen LogP contribution in [0.4, 0.5) is 0 Å². The van der Waals surface area contributed by atoms with Crippen LogP contribution in [0.25, 0.3) is 0 Å². The molecule has 0 radical (unpaired) electrons. The Morgan fingerprint density at radius 2 is 2.04 bits per heavy atom. The molecule has 0 spiro atoms. The van der Waals surface area contributed by atoms with E-state index >= 15 is 0 Å². The largest absolute Gasteiger partial charge is 0.497 e. The molecule has 0 aliphatic rings. The first-order valence-corrected chi connectivity index (χ1v) is 7.90. The van der Waals surface area contributed by atoms with E-state index in [2.05, 4.69) is 6.58 Å². The molecule has 1 rings (SSSR count). The van der Waals surface area contributed by atoms with E-state index in [0.29, 0.717) is 24.3 Å². The summed E-state index contributed by atoms with van der Waals surface area (Å²) in [6.45, 7) is 3.66. The molecule has 0 aliphatic carbocycles. The molecule has 0 fully saturated rings. The van der Waals surface area contributed by atoms with Crippen LogP contribution in [0.2, 0.25) is 0 Å². The van der Waals surface area contributed by atoms with Gasteiger partial charge in [0.05, 0.1) is 18.0 Å². The third-order valence-electron chi connectivity index (χ3n) is 3.84. The molecule has 6 heteroatoms. The third-order valence-corrected chi connectivity index (χ3v) is 4.37. The van der Waals surface area contributed by atoms with E-state index in [-0.39, 0.29) is 10.8 Å². The van der Waals surface area contributed by atoms with Gasteiger partial charge in [-0.1, -0.05) is 30.4 Å². The quantitative estimate of drug-likeness (QED) is 0.298. The van der Waals surface area contributed by atoms with Crippen LogP contribution in [-0.4, -0.2) is 42.1 Å². The van der Waals surface area contributed by atoms with Gasteiger partial charge in [0.1, 0.15) is 5.75 Å². The number of nitrogens with zero attached hydrogens (tertiary/aromatic N) is 2. The molecule has 126 valence electrons. The molecule has 1 aromatic carbocycles. The van der Waals surface area contributed by atoms with Crippen molar-refractivity contribution in [2.45, 2.75) is 31.2 Å². The molecule has 23 heavy (non-hydrogen) atoms. The summed E-state index contributed by atoms with van der Waals surface area (Å²) >= 11 is 5.38. The van der Waals surface area contributed by atoms with Crippen molar-refractivity contribution in [3.8, 4) is 5.75 Å². The van der Waals surface area contributed by atoms with Gasteiger partial charge < -0.3 is 9.64 Å². The van der Waals surface area contributed by atoms with Crippen molar-refractivity contribution < 1.29 is 9.66 Å². The second-order valence-corrected chi connectivity index (χ2v) is 6.06. The van der Waals surface area contributed by atoms with Crippen molar-refractivity contribution in [3.63, 3.8) is 0 Å². The monoisotopic (exact) mass is 336 g/mol. The molecule has 0 amide bonds. The molecule has 5 nitrogen and oxygen atoms in total. The molecule has 0 bridgehead atoms. The van der Waals surface area contributed by atoms with E-state index in [1.54, 1.807) is 13.2 Å². The first-order chi connectivity index (χ1) is 10.9. The number of hydrogen-bond acceptors (Lipinski definition) is 4. The van der Waals surface area contributed by atoms with Gasteiger partial charge in [-0.3, -0.25) is 10.1 Å². The van der Waals surface area contributed by atoms with Crippen LogP contribution in [0.15, 0.2) is 36.9 Å². The first kappa shape index (κ1) is 19.1. The highest BCUT2D eigenvalue weighted by molar-refractivity contribution is 7.80. The van der Waals surface area contributed by atoms with Gasteiger partial charge >= 0.3 is 0 Å². The van der Waals surface area contributed by atoms with E-state index in [4.69, 9.17) is 17.0 Å². The van der Waals surface area contributed by atoms with Crippen molar-refractivity contribution in [3.05, 3.63) is 52.6 Å². The van der Waals surface area contributed by atoms with Gasteiger partial charge in [0, 0.05) is 31.9 Å². The van der Waals surface area contributed by atoms with Crippen LogP contribution in [-0.2, 0) is 0 Å². The summed E-state index contributed by atoms with van der Waals surface area (Å²) in [6.07, 6.45) is 3.24. The van der Waals surface area contributed by atoms with Crippen molar-refractivity contribution in [2.75, 3.05) is 21.2 Å². The molecule has 0 heterocycles. The Kier molecular flexibility index (Phi) is 7.68. The topological polar surface area (TPSA) is 55.6 Å². The molecule has 2 atom stereocenters. The number of nitro groups is 1. The summed E-state index contributed by atoms with van der Waals surface area (Å²) in [5.74, 6) is 0.456. The van der Waals surface area contributed by atoms with Gasteiger partial charge in [-0.2, -0.15) is 0 Å². The number of methoxy groups -OCH3 is 1. The van der Waals surface area contributed by atoms with Crippen molar-refractivity contribution in [1.29, 1.82) is 0 Å². The van der Waals surface area contributed by atoms with Gasteiger partial charge in [-0.05, 0) is 24.1 Å². The fourth-order valence-corrected chi connectivity index (χ4v) is 2.62. The number of hydrogen-bond donors (Lipinski definition) is 0. The fraction of sp³-hybridized carbons (Fsp3) is 0.471. The fourth-order valence-electron chi connectivity index (χ4n) is 2.44. The molecular formula is C17H24N2O3S.